The van der Waals surface area contributed by atoms with Crippen LogP contribution in [0, 0.1) is 11.8 Å². The molecular formula is C37H47N7O4. The largest absolute Gasteiger partial charge is 0.460 e. The van der Waals surface area contributed by atoms with Crippen molar-refractivity contribution in [1.82, 2.24) is 34.2 Å². The van der Waals surface area contributed by atoms with Crippen molar-refractivity contribution in [3.05, 3.63) is 60.3 Å². The molecule has 2 fully saturated rings. The number of esters is 1. The SMILES string of the molecule is CN(C)C/C=C/C(=O)N[C@H]1C[C@@H](CC(=O)OC(C)(C)C)CN(C(=O)c2ccc3c(c2)nc(-c2cc4cccnc4n2CC2CC2)n3C)C1. The fourth-order valence-corrected chi connectivity index (χ4v) is 6.62. The van der Waals surface area contributed by atoms with Crippen LogP contribution in [0.25, 0.3) is 33.6 Å². The van der Waals surface area contributed by atoms with Gasteiger partial charge in [-0.15, -0.1) is 0 Å². The normalized spacial score (nSPS) is 18.7. The summed E-state index contributed by atoms with van der Waals surface area (Å²) in [5.41, 5.74) is 3.54. The summed E-state index contributed by atoms with van der Waals surface area (Å²) in [5.74, 6) is 0.631. The van der Waals surface area contributed by atoms with Gasteiger partial charge in [0.25, 0.3) is 5.91 Å². The molecule has 1 N–H and O–H groups in total. The number of carbonyl (C=O) groups is 3. The number of imidazole rings is 1. The van der Waals surface area contributed by atoms with E-state index in [4.69, 9.17) is 9.72 Å². The van der Waals surface area contributed by atoms with Crippen LogP contribution >= 0.6 is 0 Å². The Bertz CT molecular complexity index is 1860. The van der Waals surface area contributed by atoms with Crippen molar-refractivity contribution < 1.29 is 19.1 Å². The number of piperidine rings is 1. The van der Waals surface area contributed by atoms with Crippen molar-refractivity contribution in [3.63, 3.8) is 0 Å². The number of pyridine rings is 1. The second-order valence-electron chi connectivity index (χ2n) is 14.7. The molecule has 1 saturated heterocycles. The van der Waals surface area contributed by atoms with Crippen molar-refractivity contribution in [2.75, 3.05) is 33.7 Å². The van der Waals surface area contributed by atoms with Crippen LogP contribution in [0.1, 0.15) is 56.8 Å². The average Bonchev–Trinajstić information content (AvgIpc) is 3.68. The predicted molar refractivity (Wildman–Crippen MR) is 186 cm³/mol. The number of rotatable bonds is 10. The Morgan fingerprint density at radius 2 is 1.88 bits per heavy atom. The molecule has 1 saturated carbocycles. The maximum atomic E-state index is 14.1. The zero-order chi connectivity index (χ0) is 34.2. The van der Waals surface area contributed by atoms with Crippen molar-refractivity contribution >= 4 is 39.9 Å². The van der Waals surface area contributed by atoms with Crippen LogP contribution in [0.2, 0.25) is 0 Å². The molecule has 4 heterocycles. The van der Waals surface area contributed by atoms with E-state index in [1.54, 1.807) is 11.0 Å². The van der Waals surface area contributed by atoms with Gasteiger partial charge in [-0.05, 0) is 102 Å². The van der Waals surface area contributed by atoms with E-state index in [0.29, 0.717) is 37.5 Å². The van der Waals surface area contributed by atoms with Gasteiger partial charge in [0.1, 0.15) is 11.2 Å². The van der Waals surface area contributed by atoms with Crippen LogP contribution in [0.15, 0.2) is 54.7 Å². The molecule has 2 atom stereocenters. The molecule has 48 heavy (non-hydrogen) atoms. The first-order valence-electron chi connectivity index (χ1n) is 16.9. The van der Waals surface area contributed by atoms with Crippen molar-refractivity contribution in [3.8, 4) is 11.5 Å². The van der Waals surface area contributed by atoms with Gasteiger partial charge in [-0.2, -0.15) is 0 Å². The summed E-state index contributed by atoms with van der Waals surface area (Å²) in [6.45, 7) is 7.80. The lowest BCUT2D eigenvalue weighted by molar-refractivity contribution is -0.156. The highest BCUT2D eigenvalue weighted by Gasteiger charge is 2.34. The summed E-state index contributed by atoms with van der Waals surface area (Å²) < 4.78 is 9.96. The number of nitrogens with one attached hydrogen (secondary N) is 1. The van der Waals surface area contributed by atoms with E-state index in [2.05, 4.69) is 31.6 Å². The summed E-state index contributed by atoms with van der Waals surface area (Å²) in [5, 5.41) is 4.14. The molecule has 254 valence electrons. The first-order valence-corrected chi connectivity index (χ1v) is 16.9. The smallest absolute Gasteiger partial charge is 0.306 e. The number of nitrogens with zero attached hydrogens (tertiary/aromatic N) is 6. The Morgan fingerprint density at radius 1 is 1.08 bits per heavy atom. The third-order valence-corrected chi connectivity index (χ3v) is 8.94. The molecular weight excluding hydrogens is 606 g/mol. The van der Waals surface area contributed by atoms with Crippen LogP contribution in [-0.2, 0) is 27.9 Å². The quantitative estimate of drug-likeness (QED) is 0.193. The maximum Gasteiger partial charge on any atom is 0.306 e. The van der Waals surface area contributed by atoms with Crippen LogP contribution in [-0.4, -0.2) is 92.1 Å². The third kappa shape index (κ3) is 7.78. The second-order valence-corrected chi connectivity index (χ2v) is 14.7. The summed E-state index contributed by atoms with van der Waals surface area (Å²) in [6, 6.07) is 11.5. The lowest BCUT2D eigenvalue weighted by Crippen LogP contribution is -2.52. The lowest BCUT2D eigenvalue weighted by atomic mass is 9.90. The number of hydrogen-bond acceptors (Lipinski definition) is 7. The predicted octanol–water partition coefficient (Wildman–Crippen LogP) is 4.80. The van der Waals surface area contributed by atoms with Gasteiger partial charge in [0.2, 0.25) is 5.91 Å². The number of amides is 2. The van der Waals surface area contributed by atoms with Gasteiger partial charge in [0.05, 0.1) is 23.1 Å². The van der Waals surface area contributed by atoms with Gasteiger partial charge in [-0.1, -0.05) is 6.08 Å². The zero-order valence-electron chi connectivity index (χ0n) is 28.9. The molecule has 1 aromatic carbocycles. The van der Waals surface area contributed by atoms with E-state index < -0.39 is 5.60 Å². The first kappa shape index (κ1) is 33.4. The van der Waals surface area contributed by atoms with E-state index >= 15 is 0 Å². The molecule has 11 heteroatoms. The Morgan fingerprint density at radius 3 is 2.60 bits per heavy atom. The van der Waals surface area contributed by atoms with Crippen LogP contribution in [0.5, 0.6) is 0 Å². The Labute approximate surface area is 281 Å². The first-order chi connectivity index (χ1) is 22.8. The number of likely N-dealkylation sites (tertiary alicyclic amines) is 1. The lowest BCUT2D eigenvalue weighted by Gasteiger charge is -2.38. The zero-order valence-corrected chi connectivity index (χ0v) is 28.9. The van der Waals surface area contributed by atoms with E-state index in [1.807, 2.05) is 77.3 Å². The molecule has 11 nitrogen and oxygen atoms in total. The summed E-state index contributed by atoms with van der Waals surface area (Å²) >= 11 is 0. The van der Waals surface area contributed by atoms with Gasteiger partial charge in [0, 0.05) is 62.5 Å². The minimum Gasteiger partial charge on any atom is -0.460 e. The van der Waals surface area contributed by atoms with Gasteiger partial charge < -0.3 is 29.0 Å². The second kappa shape index (κ2) is 13.5. The van der Waals surface area contributed by atoms with Gasteiger partial charge >= 0.3 is 5.97 Å². The van der Waals surface area contributed by atoms with E-state index in [-0.39, 0.29) is 36.2 Å². The number of likely N-dealkylation sites (N-methyl/N-ethyl adjacent to an activating group) is 1. The average molecular weight is 654 g/mol. The standard InChI is InChI=1S/C37H47N7O4/c1-37(2,3)48-33(46)18-25-17-28(39-32(45)10-8-16-41(4)5)23-43(21-25)36(47)27-13-14-30-29(19-27)40-35(42(30)6)31-20-26-9-7-15-38-34(26)44(31)22-24-11-12-24/h7-10,13-15,19-20,24-25,28H,11-12,16-18,21-23H2,1-6H3,(H,39,45)/b10-8+/t25-,28-/m0/s1. The fourth-order valence-electron chi connectivity index (χ4n) is 6.62. The number of ether oxygens (including phenoxy) is 1. The van der Waals surface area contributed by atoms with Gasteiger partial charge in [-0.3, -0.25) is 14.4 Å². The minimum absolute atomic E-state index is 0.160. The van der Waals surface area contributed by atoms with Gasteiger partial charge in [0.15, 0.2) is 5.82 Å². The molecule has 3 aromatic heterocycles. The highest BCUT2D eigenvalue weighted by molar-refractivity contribution is 5.98. The van der Waals surface area contributed by atoms with Crippen molar-refractivity contribution in [2.24, 2.45) is 18.9 Å². The highest BCUT2D eigenvalue weighted by atomic mass is 16.6. The van der Waals surface area contributed by atoms with Crippen molar-refractivity contribution in [2.45, 2.75) is 64.6 Å². The number of aromatic nitrogens is 4. The molecule has 4 aromatic rings. The Balaban J connectivity index is 1.26. The summed E-state index contributed by atoms with van der Waals surface area (Å²) in [6.07, 6.45) is 8.35. The fraction of sp³-hybridized carbons (Fsp3) is 0.486. The molecule has 2 amide bonds. The third-order valence-electron chi connectivity index (χ3n) is 8.94. The van der Waals surface area contributed by atoms with Crippen LogP contribution < -0.4 is 5.32 Å². The molecule has 1 aliphatic carbocycles. The number of aryl methyl sites for hydroxylation is 1. The Kier molecular flexibility index (Phi) is 9.42. The van der Waals surface area contributed by atoms with E-state index in [0.717, 1.165) is 40.1 Å². The van der Waals surface area contributed by atoms with Crippen molar-refractivity contribution in [1.29, 1.82) is 0 Å². The molecule has 2 aliphatic rings. The Hall–Kier alpha value is -4.51. The number of carbonyl (C=O) groups excluding carboxylic acids is 3. The van der Waals surface area contributed by atoms with Crippen LogP contribution in [0.4, 0.5) is 0 Å². The molecule has 0 radical (unpaired) electrons. The molecule has 0 spiro atoms. The number of benzene rings is 1. The molecule has 0 unspecified atom stereocenters. The summed E-state index contributed by atoms with van der Waals surface area (Å²) in [7, 11) is 5.87. The minimum atomic E-state index is -0.605. The van der Waals surface area contributed by atoms with E-state index in [9.17, 15) is 14.4 Å². The summed E-state index contributed by atoms with van der Waals surface area (Å²) in [4.78, 5) is 53.1. The molecule has 0 bridgehead atoms. The number of hydrogen-bond donors (Lipinski definition) is 1. The van der Waals surface area contributed by atoms with Gasteiger partial charge in [-0.25, -0.2) is 9.97 Å². The molecule has 1 aliphatic heterocycles. The number of fused-ring (bicyclic) bond motifs is 2. The van der Waals surface area contributed by atoms with Crippen LogP contribution in [0.3, 0.4) is 0 Å². The monoisotopic (exact) mass is 653 g/mol. The molecule has 6 rings (SSSR count). The highest BCUT2D eigenvalue weighted by Crippen LogP contribution is 2.36. The van der Waals surface area contributed by atoms with E-state index in [1.165, 1.54) is 18.9 Å². The topological polar surface area (TPSA) is 115 Å². The maximum absolute atomic E-state index is 14.1.